The van der Waals surface area contributed by atoms with Crippen molar-refractivity contribution >= 4 is 0 Å². The molecule has 0 aromatic rings. The molecule has 12 heavy (non-hydrogen) atoms. The lowest BCUT2D eigenvalue weighted by Gasteiger charge is -2.41. The van der Waals surface area contributed by atoms with Gasteiger partial charge >= 0.3 is 0 Å². The van der Waals surface area contributed by atoms with Gasteiger partial charge in [0.1, 0.15) is 5.67 Å². The first-order valence-electron chi connectivity index (χ1n) is 5.21. The van der Waals surface area contributed by atoms with E-state index < -0.39 is 5.67 Å². The zero-order valence-corrected chi connectivity index (χ0v) is 7.61. The molecule has 0 atom stereocenters. The van der Waals surface area contributed by atoms with Gasteiger partial charge < -0.3 is 5.32 Å². The lowest BCUT2D eigenvalue weighted by Crippen LogP contribution is -2.60. The van der Waals surface area contributed by atoms with Crippen LogP contribution >= 0.6 is 0 Å². The number of alkyl halides is 1. The van der Waals surface area contributed by atoms with Gasteiger partial charge in [0, 0.05) is 13.1 Å². The molecular formula is C10H18FN. The van der Waals surface area contributed by atoms with E-state index in [9.17, 15) is 4.39 Å². The summed E-state index contributed by atoms with van der Waals surface area (Å²) in [6.07, 6.45) is 7.38. The molecule has 1 saturated carbocycles. The van der Waals surface area contributed by atoms with E-state index in [4.69, 9.17) is 0 Å². The predicted octanol–water partition coefficient (Wildman–Crippen LogP) is 2.27. The normalized spacial score (nSPS) is 30.8. The van der Waals surface area contributed by atoms with Gasteiger partial charge in [-0.15, -0.1) is 0 Å². The second kappa shape index (κ2) is 3.33. The van der Waals surface area contributed by atoms with Crippen LogP contribution in [0, 0.1) is 5.92 Å². The maximum Gasteiger partial charge on any atom is 0.138 e. The van der Waals surface area contributed by atoms with Gasteiger partial charge in [0.25, 0.3) is 0 Å². The van der Waals surface area contributed by atoms with Gasteiger partial charge in [-0.2, -0.15) is 0 Å². The molecule has 1 nitrogen and oxygen atoms in total. The Bertz CT molecular complexity index is 146. The van der Waals surface area contributed by atoms with Crippen LogP contribution in [0.25, 0.3) is 0 Å². The number of nitrogens with one attached hydrogen (secondary N) is 1. The third kappa shape index (κ3) is 1.49. The fourth-order valence-corrected chi connectivity index (χ4v) is 2.45. The van der Waals surface area contributed by atoms with Crippen LogP contribution in [-0.4, -0.2) is 18.8 Å². The minimum Gasteiger partial charge on any atom is -0.310 e. The van der Waals surface area contributed by atoms with Crippen molar-refractivity contribution in [2.75, 3.05) is 13.1 Å². The van der Waals surface area contributed by atoms with Crippen LogP contribution in [0.1, 0.15) is 38.5 Å². The van der Waals surface area contributed by atoms with Crippen molar-refractivity contribution < 1.29 is 4.39 Å². The molecule has 2 fully saturated rings. The van der Waals surface area contributed by atoms with Crippen LogP contribution in [0.2, 0.25) is 0 Å². The van der Waals surface area contributed by atoms with Crippen LogP contribution in [-0.2, 0) is 0 Å². The topological polar surface area (TPSA) is 12.0 Å². The van der Waals surface area contributed by atoms with E-state index in [-0.39, 0.29) is 0 Å². The van der Waals surface area contributed by atoms with E-state index >= 15 is 0 Å². The highest BCUT2D eigenvalue weighted by Gasteiger charge is 2.43. The van der Waals surface area contributed by atoms with Crippen molar-refractivity contribution in [2.24, 2.45) is 5.92 Å². The van der Waals surface area contributed by atoms with Gasteiger partial charge in [-0.1, -0.05) is 25.7 Å². The zero-order chi connectivity index (χ0) is 8.44. The average molecular weight is 171 g/mol. The minimum atomic E-state index is -0.829. The average Bonchev–Trinajstić information content (AvgIpc) is 2.27. The molecule has 2 aliphatic rings. The number of hydrogen-bond donors (Lipinski definition) is 1. The zero-order valence-electron chi connectivity index (χ0n) is 7.61. The number of hydrogen-bond acceptors (Lipinski definition) is 1. The summed E-state index contributed by atoms with van der Waals surface area (Å²) in [5.41, 5.74) is -0.829. The van der Waals surface area contributed by atoms with Gasteiger partial charge in [-0.05, 0) is 18.8 Å². The summed E-state index contributed by atoms with van der Waals surface area (Å²) in [4.78, 5) is 0. The largest absolute Gasteiger partial charge is 0.310 e. The second-order valence-corrected chi connectivity index (χ2v) is 4.33. The molecule has 0 aromatic carbocycles. The molecule has 1 saturated heterocycles. The van der Waals surface area contributed by atoms with Crippen molar-refractivity contribution in [1.82, 2.24) is 5.32 Å². The summed E-state index contributed by atoms with van der Waals surface area (Å²) in [6.45, 7) is 1.22. The Balaban J connectivity index is 1.91. The highest BCUT2D eigenvalue weighted by atomic mass is 19.1. The molecule has 0 spiro atoms. The van der Waals surface area contributed by atoms with Crippen LogP contribution in [0.5, 0.6) is 0 Å². The molecule has 1 aliphatic carbocycles. The Morgan fingerprint density at radius 1 is 1.00 bits per heavy atom. The second-order valence-electron chi connectivity index (χ2n) is 4.33. The Labute approximate surface area is 73.7 Å². The van der Waals surface area contributed by atoms with Crippen molar-refractivity contribution in [3.05, 3.63) is 0 Å². The quantitative estimate of drug-likeness (QED) is 0.597. The van der Waals surface area contributed by atoms with E-state index in [1.165, 1.54) is 25.7 Å². The number of halogens is 1. The highest BCUT2D eigenvalue weighted by molar-refractivity contribution is 4.98. The van der Waals surface area contributed by atoms with Crippen LogP contribution in [0.3, 0.4) is 0 Å². The summed E-state index contributed by atoms with van der Waals surface area (Å²) in [7, 11) is 0. The Morgan fingerprint density at radius 3 is 2.00 bits per heavy atom. The van der Waals surface area contributed by atoms with Crippen LogP contribution < -0.4 is 5.32 Å². The number of rotatable bonds is 1. The molecule has 1 heterocycles. The molecule has 1 aliphatic heterocycles. The molecular weight excluding hydrogens is 153 g/mol. The van der Waals surface area contributed by atoms with E-state index in [1.807, 2.05) is 0 Å². The summed E-state index contributed by atoms with van der Waals surface area (Å²) in [5.74, 6) is 0.362. The lowest BCUT2D eigenvalue weighted by atomic mass is 9.79. The third-order valence-corrected chi connectivity index (χ3v) is 3.42. The fraction of sp³-hybridized carbons (Fsp3) is 1.00. The molecule has 0 amide bonds. The Morgan fingerprint density at radius 2 is 1.58 bits per heavy atom. The van der Waals surface area contributed by atoms with Gasteiger partial charge in [-0.3, -0.25) is 0 Å². The van der Waals surface area contributed by atoms with Crippen LogP contribution in [0.15, 0.2) is 0 Å². The molecule has 70 valence electrons. The molecule has 0 bridgehead atoms. The van der Waals surface area contributed by atoms with Gasteiger partial charge in [0.05, 0.1) is 0 Å². The first-order valence-corrected chi connectivity index (χ1v) is 5.21. The maximum absolute atomic E-state index is 13.9. The molecule has 1 N–H and O–H groups in total. The summed E-state index contributed by atoms with van der Waals surface area (Å²) in [6, 6.07) is 0. The fourth-order valence-electron chi connectivity index (χ4n) is 2.45. The summed E-state index contributed by atoms with van der Waals surface area (Å²) >= 11 is 0. The molecule has 0 unspecified atom stereocenters. The van der Waals surface area contributed by atoms with E-state index in [1.54, 1.807) is 0 Å². The first-order chi connectivity index (χ1) is 5.81. The summed E-state index contributed by atoms with van der Waals surface area (Å²) < 4.78 is 13.9. The monoisotopic (exact) mass is 171 g/mol. The van der Waals surface area contributed by atoms with Crippen molar-refractivity contribution in [3.8, 4) is 0 Å². The van der Waals surface area contributed by atoms with Gasteiger partial charge in [0.15, 0.2) is 0 Å². The SMILES string of the molecule is FC1(C2CCCCCC2)CNC1. The van der Waals surface area contributed by atoms with E-state index in [0.29, 0.717) is 19.0 Å². The summed E-state index contributed by atoms with van der Waals surface area (Å²) in [5, 5.41) is 3.04. The van der Waals surface area contributed by atoms with E-state index in [0.717, 1.165) is 12.8 Å². The van der Waals surface area contributed by atoms with E-state index in [2.05, 4.69) is 5.32 Å². The third-order valence-electron chi connectivity index (χ3n) is 3.42. The highest BCUT2D eigenvalue weighted by Crippen LogP contribution is 2.36. The van der Waals surface area contributed by atoms with Crippen molar-refractivity contribution in [1.29, 1.82) is 0 Å². The standard InChI is InChI=1S/C10H18FN/c11-10(7-12-8-10)9-5-3-1-2-4-6-9/h9,12H,1-8H2. The maximum atomic E-state index is 13.9. The van der Waals surface area contributed by atoms with Crippen LogP contribution in [0.4, 0.5) is 4.39 Å². The van der Waals surface area contributed by atoms with Crippen molar-refractivity contribution in [3.63, 3.8) is 0 Å². The van der Waals surface area contributed by atoms with Crippen molar-refractivity contribution in [2.45, 2.75) is 44.2 Å². The molecule has 0 radical (unpaired) electrons. The Hall–Kier alpha value is -0.110. The smallest absolute Gasteiger partial charge is 0.138 e. The first kappa shape index (κ1) is 8.49. The van der Waals surface area contributed by atoms with Gasteiger partial charge in [0.2, 0.25) is 0 Å². The minimum absolute atomic E-state index is 0.362. The predicted molar refractivity (Wildman–Crippen MR) is 47.9 cm³/mol. The molecule has 2 heteroatoms. The molecule has 0 aromatic heterocycles. The Kier molecular flexibility index (Phi) is 2.35. The lowest BCUT2D eigenvalue weighted by molar-refractivity contribution is 0.0163. The molecule has 2 rings (SSSR count). The van der Waals surface area contributed by atoms with Gasteiger partial charge in [-0.25, -0.2) is 4.39 Å².